The Morgan fingerprint density at radius 2 is 1.70 bits per heavy atom. The van der Waals surface area contributed by atoms with Crippen molar-refractivity contribution in [1.29, 1.82) is 0 Å². The largest absolute Gasteiger partial charge is 0.327 e. The van der Waals surface area contributed by atoms with Crippen molar-refractivity contribution < 1.29 is 9.59 Å². The number of anilines is 1. The number of carbonyl (C=O) groups is 2. The van der Waals surface area contributed by atoms with Crippen molar-refractivity contribution in [2.24, 2.45) is 0 Å². The van der Waals surface area contributed by atoms with Gasteiger partial charge >= 0.3 is 6.03 Å². The summed E-state index contributed by atoms with van der Waals surface area (Å²) in [5, 5.41) is 4.94. The van der Waals surface area contributed by atoms with E-state index in [9.17, 15) is 9.59 Å². The van der Waals surface area contributed by atoms with Crippen LogP contribution >= 0.6 is 39.1 Å². The molecule has 0 saturated carbocycles. The molecule has 3 amide bonds. The van der Waals surface area contributed by atoms with Crippen LogP contribution in [-0.4, -0.2) is 21.9 Å². The van der Waals surface area contributed by atoms with E-state index in [4.69, 9.17) is 23.2 Å². The van der Waals surface area contributed by atoms with E-state index in [1.807, 2.05) is 24.3 Å². The summed E-state index contributed by atoms with van der Waals surface area (Å²) in [5.41, 5.74) is 1.44. The van der Waals surface area contributed by atoms with Gasteiger partial charge in [-0.1, -0.05) is 63.4 Å². The number of urea groups is 1. The number of hydrogen-bond acceptors (Lipinski definition) is 4. The van der Waals surface area contributed by atoms with Crippen LogP contribution in [0.15, 0.2) is 59.2 Å². The fourth-order valence-corrected chi connectivity index (χ4v) is 2.93. The van der Waals surface area contributed by atoms with Gasteiger partial charge in [-0.3, -0.25) is 15.4 Å². The standard InChI is InChI=1S/C18H11BrCl2N4O2/c19-11-7-5-10(6-8-11)15-16(21)23-14(9-22-15)24-18(27)25-17(26)12-3-1-2-4-13(12)20/h1-9H,(H2,23,24,25,26,27). The Balaban J connectivity index is 1.69. The molecule has 3 rings (SSSR count). The van der Waals surface area contributed by atoms with E-state index >= 15 is 0 Å². The maximum absolute atomic E-state index is 12.1. The Morgan fingerprint density at radius 3 is 2.37 bits per heavy atom. The van der Waals surface area contributed by atoms with Crippen molar-refractivity contribution in [3.05, 3.63) is 74.9 Å². The number of amides is 3. The molecule has 136 valence electrons. The van der Waals surface area contributed by atoms with Crippen LogP contribution in [0.5, 0.6) is 0 Å². The maximum Gasteiger partial charge on any atom is 0.327 e. The summed E-state index contributed by atoms with van der Waals surface area (Å²) in [6.07, 6.45) is 1.35. The highest BCUT2D eigenvalue weighted by molar-refractivity contribution is 9.10. The average Bonchev–Trinajstić information content (AvgIpc) is 2.63. The number of rotatable bonds is 3. The molecule has 0 radical (unpaired) electrons. The van der Waals surface area contributed by atoms with Crippen molar-refractivity contribution in [2.75, 3.05) is 5.32 Å². The molecule has 0 bridgehead atoms. The molecular formula is C18H11BrCl2N4O2. The van der Waals surface area contributed by atoms with Crippen LogP contribution in [0.2, 0.25) is 10.2 Å². The van der Waals surface area contributed by atoms with Crippen molar-refractivity contribution >= 4 is 56.9 Å². The van der Waals surface area contributed by atoms with Gasteiger partial charge in [-0.05, 0) is 24.3 Å². The van der Waals surface area contributed by atoms with Gasteiger partial charge in [-0.25, -0.2) is 14.8 Å². The molecule has 3 aromatic rings. The summed E-state index contributed by atoms with van der Waals surface area (Å²) >= 11 is 15.5. The van der Waals surface area contributed by atoms with Crippen molar-refractivity contribution in [2.45, 2.75) is 0 Å². The van der Waals surface area contributed by atoms with Crippen LogP contribution < -0.4 is 10.6 Å². The summed E-state index contributed by atoms with van der Waals surface area (Å²) in [6.45, 7) is 0. The quantitative estimate of drug-likeness (QED) is 0.558. The van der Waals surface area contributed by atoms with Gasteiger partial charge in [0, 0.05) is 10.0 Å². The number of imide groups is 1. The number of carbonyl (C=O) groups excluding carboxylic acids is 2. The SMILES string of the molecule is O=C(NC(=O)c1ccccc1Cl)Nc1cnc(-c2ccc(Br)cc2)c(Cl)n1. The van der Waals surface area contributed by atoms with Gasteiger partial charge in [0.25, 0.3) is 5.91 Å². The van der Waals surface area contributed by atoms with Crippen molar-refractivity contribution in [1.82, 2.24) is 15.3 Å². The van der Waals surface area contributed by atoms with Crippen molar-refractivity contribution in [3.63, 3.8) is 0 Å². The number of nitrogens with one attached hydrogen (secondary N) is 2. The predicted molar refractivity (Wildman–Crippen MR) is 108 cm³/mol. The molecule has 27 heavy (non-hydrogen) atoms. The minimum absolute atomic E-state index is 0.102. The Morgan fingerprint density at radius 1 is 1.00 bits per heavy atom. The zero-order valence-corrected chi connectivity index (χ0v) is 16.6. The summed E-state index contributed by atoms with van der Waals surface area (Å²) < 4.78 is 0.925. The zero-order chi connectivity index (χ0) is 19.4. The van der Waals surface area contributed by atoms with E-state index in [-0.39, 0.29) is 21.6 Å². The Kier molecular flexibility index (Phi) is 6.05. The van der Waals surface area contributed by atoms with E-state index in [0.29, 0.717) is 5.69 Å². The molecule has 0 aliphatic heterocycles. The molecule has 0 saturated heterocycles. The van der Waals surface area contributed by atoms with Gasteiger partial charge in [-0.15, -0.1) is 0 Å². The van der Waals surface area contributed by atoms with Crippen molar-refractivity contribution in [3.8, 4) is 11.3 Å². The smallest absolute Gasteiger partial charge is 0.291 e. The first-order chi connectivity index (χ1) is 12.9. The summed E-state index contributed by atoms with van der Waals surface area (Å²) in [7, 11) is 0. The molecule has 1 heterocycles. The normalized spacial score (nSPS) is 10.3. The Hall–Kier alpha value is -2.48. The second kappa shape index (κ2) is 8.47. The topological polar surface area (TPSA) is 84.0 Å². The molecular weight excluding hydrogens is 455 g/mol. The van der Waals surface area contributed by atoms with Gasteiger partial charge in [0.1, 0.15) is 5.69 Å². The first kappa shape index (κ1) is 19.3. The predicted octanol–water partition coefficient (Wildman–Crippen LogP) is 5.17. The van der Waals surface area contributed by atoms with Gasteiger partial charge in [0.15, 0.2) is 11.0 Å². The molecule has 0 atom stereocenters. The van der Waals surface area contributed by atoms with Gasteiger partial charge < -0.3 is 0 Å². The fraction of sp³-hybridized carbons (Fsp3) is 0. The van der Waals surface area contributed by atoms with E-state index in [0.717, 1.165) is 10.0 Å². The fourth-order valence-electron chi connectivity index (χ4n) is 2.19. The third-order valence-electron chi connectivity index (χ3n) is 3.43. The lowest BCUT2D eigenvalue weighted by Crippen LogP contribution is -2.34. The number of aromatic nitrogens is 2. The molecule has 0 aliphatic rings. The number of benzene rings is 2. The molecule has 9 heteroatoms. The van der Waals surface area contributed by atoms with Crippen LogP contribution in [0.3, 0.4) is 0 Å². The van der Waals surface area contributed by atoms with E-state index in [1.165, 1.54) is 12.3 Å². The maximum atomic E-state index is 12.1. The van der Waals surface area contributed by atoms with Gasteiger partial charge in [0.05, 0.1) is 16.8 Å². The lowest BCUT2D eigenvalue weighted by molar-refractivity contribution is 0.0967. The highest BCUT2D eigenvalue weighted by Crippen LogP contribution is 2.26. The monoisotopic (exact) mass is 464 g/mol. The van der Waals surface area contributed by atoms with Gasteiger partial charge in [-0.2, -0.15) is 0 Å². The first-order valence-electron chi connectivity index (χ1n) is 7.59. The van der Waals surface area contributed by atoms with Crippen LogP contribution in [0.1, 0.15) is 10.4 Å². The minimum atomic E-state index is -0.776. The molecule has 2 N–H and O–H groups in total. The first-order valence-corrected chi connectivity index (χ1v) is 9.14. The van der Waals surface area contributed by atoms with E-state index in [2.05, 4.69) is 36.5 Å². The zero-order valence-electron chi connectivity index (χ0n) is 13.5. The second-order valence-electron chi connectivity index (χ2n) is 5.29. The number of hydrogen-bond donors (Lipinski definition) is 2. The molecule has 1 aromatic heterocycles. The Labute approximate surface area is 173 Å². The van der Waals surface area contributed by atoms with Gasteiger partial charge in [0.2, 0.25) is 0 Å². The van der Waals surface area contributed by atoms with Crippen LogP contribution in [-0.2, 0) is 0 Å². The third-order valence-corrected chi connectivity index (χ3v) is 4.56. The third kappa shape index (κ3) is 4.82. The molecule has 6 nitrogen and oxygen atoms in total. The van der Waals surface area contributed by atoms with E-state index in [1.54, 1.807) is 18.2 Å². The summed E-state index contributed by atoms with van der Waals surface area (Å²) in [6, 6.07) is 13.0. The molecule has 0 unspecified atom stereocenters. The minimum Gasteiger partial charge on any atom is -0.291 e. The average molecular weight is 466 g/mol. The van der Waals surface area contributed by atoms with E-state index < -0.39 is 11.9 Å². The molecule has 0 fully saturated rings. The molecule has 0 aliphatic carbocycles. The molecule has 2 aromatic carbocycles. The summed E-state index contributed by atoms with van der Waals surface area (Å²) in [4.78, 5) is 32.4. The second-order valence-corrected chi connectivity index (χ2v) is 6.97. The summed E-state index contributed by atoms with van der Waals surface area (Å²) in [5.74, 6) is -0.533. The highest BCUT2D eigenvalue weighted by atomic mass is 79.9. The number of nitrogens with zero attached hydrogens (tertiary/aromatic N) is 2. The Bertz CT molecular complexity index is 1010. The lowest BCUT2D eigenvalue weighted by Gasteiger charge is -2.09. The number of halogens is 3. The van der Waals surface area contributed by atoms with Crippen LogP contribution in [0.25, 0.3) is 11.3 Å². The lowest BCUT2D eigenvalue weighted by atomic mass is 10.2. The molecule has 0 spiro atoms. The van der Waals surface area contributed by atoms with Crippen LogP contribution in [0, 0.1) is 0 Å². The van der Waals surface area contributed by atoms with Crippen LogP contribution in [0.4, 0.5) is 10.6 Å². The highest BCUT2D eigenvalue weighted by Gasteiger charge is 2.15.